The first kappa shape index (κ1) is 25.9. The van der Waals surface area contributed by atoms with E-state index in [1.807, 2.05) is 18.2 Å². The number of nitrogens with zero attached hydrogens (tertiary/aromatic N) is 1. The molecule has 174 valence electrons. The Labute approximate surface area is 217 Å². The van der Waals surface area contributed by atoms with Crippen molar-refractivity contribution in [1.82, 2.24) is 10.3 Å². The molecule has 2 N–H and O–H groups in total. The van der Waals surface area contributed by atoms with Crippen molar-refractivity contribution in [2.45, 2.75) is 76.4 Å². The molecule has 1 aromatic heterocycles. The number of carbonyl (C=O) groups excluding carboxylic acids is 1. The summed E-state index contributed by atoms with van der Waals surface area (Å²) < 4.78 is 12.0. The van der Waals surface area contributed by atoms with Gasteiger partial charge in [0.25, 0.3) is 5.91 Å². The number of aromatic nitrogens is 1. The number of rotatable bonds is 11. The van der Waals surface area contributed by atoms with Crippen LogP contribution in [0.1, 0.15) is 78.9 Å². The fraction of sp³-hybridized carbons (Fsp3) is 0.560. The van der Waals surface area contributed by atoms with Gasteiger partial charge in [0.2, 0.25) is 5.89 Å². The van der Waals surface area contributed by atoms with E-state index >= 15 is 0 Å². The van der Waals surface area contributed by atoms with E-state index in [4.69, 9.17) is 14.3 Å². The molecule has 0 unspecified atom stereocenters. The molecule has 0 radical (unpaired) electrons. The number of nitrogens with one attached hydrogen (secondary N) is 1. The summed E-state index contributed by atoms with van der Waals surface area (Å²) in [5.74, 6) is -0.220. The van der Waals surface area contributed by atoms with E-state index < -0.39 is 5.97 Å². The number of unbranched alkanes of at least 4 members (excludes halogenated alkanes) is 2. The number of amides is 1. The van der Waals surface area contributed by atoms with Crippen LogP contribution in [0.3, 0.4) is 0 Å². The van der Waals surface area contributed by atoms with Gasteiger partial charge in [0.15, 0.2) is 5.69 Å². The molecular weight excluding hydrogens is 431 g/mol. The first-order valence-electron chi connectivity index (χ1n) is 11.7. The molecule has 1 amide bonds. The summed E-state index contributed by atoms with van der Waals surface area (Å²) in [6.07, 6.45) is 8.17. The van der Waals surface area contributed by atoms with Crippen LogP contribution < -0.4 is 5.32 Å². The second-order valence-electron chi connectivity index (χ2n) is 8.88. The Bertz CT molecular complexity index is 946. The number of carboxylic acids is 1. The average Bonchev–Trinajstić information content (AvgIpc) is 3.52. The third kappa shape index (κ3) is 6.27. The molecule has 2 aliphatic heterocycles. The van der Waals surface area contributed by atoms with Gasteiger partial charge in [-0.15, -0.1) is 0 Å². The van der Waals surface area contributed by atoms with Crippen molar-refractivity contribution < 1.29 is 23.8 Å². The summed E-state index contributed by atoms with van der Waals surface area (Å²) in [7, 11) is 0. The number of carbonyl (C=O) groups is 2. The fourth-order valence-corrected chi connectivity index (χ4v) is 5.08. The number of hydrogen-bond acceptors (Lipinski definition) is 5. The number of hydrogen-bond donors (Lipinski definition) is 2. The summed E-state index contributed by atoms with van der Waals surface area (Å²) >= 11 is 0. The molecule has 2 aromatic rings. The zero-order valence-corrected chi connectivity index (χ0v) is 18.6. The Morgan fingerprint density at radius 3 is 2.67 bits per heavy atom. The van der Waals surface area contributed by atoms with Gasteiger partial charge < -0.3 is 19.6 Å². The second kappa shape index (κ2) is 12.2. The van der Waals surface area contributed by atoms with Crippen molar-refractivity contribution in [3.8, 4) is 0 Å². The van der Waals surface area contributed by atoms with Crippen molar-refractivity contribution in [1.29, 1.82) is 0 Å². The average molecular weight is 465 g/mol. The van der Waals surface area contributed by atoms with Crippen LogP contribution in [0, 0.1) is 5.92 Å². The van der Waals surface area contributed by atoms with Crippen molar-refractivity contribution in [3.63, 3.8) is 0 Å². The summed E-state index contributed by atoms with van der Waals surface area (Å²) in [6.45, 7) is 2.77. The predicted octanol–water partition coefficient (Wildman–Crippen LogP) is 3.47. The molecule has 0 spiro atoms. The molecule has 4 atom stereocenters. The fourth-order valence-electron chi connectivity index (χ4n) is 5.08. The zero-order valence-electron chi connectivity index (χ0n) is 18.6. The SMILES string of the molecule is CCCCCNC(=O)c1coc([C@H]2[C@@H](Cc3ccccc3CCC(=O)O)[C@@H]3CC[C@H]2O3)n1.[NaH]. The van der Waals surface area contributed by atoms with Gasteiger partial charge >= 0.3 is 35.5 Å². The monoisotopic (exact) mass is 464 g/mol. The van der Waals surface area contributed by atoms with Crippen molar-refractivity contribution in [2.75, 3.05) is 6.54 Å². The molecule has 33 heavy (non-hydrogen) atoms. The van der Waals surface area contributed by atoms with E-state index in [-0.39, 0.29) is 65.9 Å². The van der Waals surface area contributed by atoms with E-state index in [0.717, 1.165) is 49.7 Å². The summed E-state index contributed by atoms with van der Waals surface area (Å²) in [6, 6.07) is 8.03. The summed E-state index contributed by atoms with van der Waals surface area (Å²) in [4.78, 5) is 28.0. The van der Waals surface area contributed by atoms with Crippen LogP contribution in [0.2, 0.25) is 0 Å². The second-order valence-corrected chi connectivity index (χ2v) is 8.88. The molecule has 3 heterocycles. The van der Waals surface area contributed by atoms with E-state index in [9.17, 15) is 9.59 Å². The predicted molar refractivity (Wildman–Crippen MR) is 126 cm³/mol. The Morgan fingerprint density at radius 1 is 1.15 bits per heavy atom. The van der Waals surface area contributed by atoms with Crippen LogP contribution in [-0.2, 0) is 22.4 Å². The molecule has 2 aliphatic rings. The van der Waals surface area contributed by atoms with Gasteiger partial charge in [-0.1, -0.05) is 44.0 Å². The van der Waals surface area contributed by atoms with Gasteiger partial charge in [0.1, 0.15) is 6.26 Å². The maximum atomic E-state index is 12.4. The van der Waals surface area contributed by atoms with Crippen LogP contribution in [0.5, 0.6) is 0 Å². The number of ether oxygens (including phenoxy) is 1. The Kier molecular flexibility index (Phi) is 9.56. The number of benzene rings is 1. The van der Waals surface area contributed by atoms with Crippen LogP contribution in [0.25, 0.3) is 0 Å². The van der Waals surface area contributed by atoms with Crippen LogP contribution in [0.15, 0.2) is 34.9 Å². The summed E-state index contributed by atoms with van der Waals surface area (Å²) in [5, 5.41) is 12.0. The third-order valence-corrected chi connectivity index (χ3v) is 6.71. The van der Waals surface area contributed by atoms with Crippen LogP contribution in [0.4, 0.5) is 0 Å². The Balaban J connectivity index is 0.00000306. The maximum absolute atomic E-state index is 12.4. The normalized spacial score (nSPS) is 23.3. The minimum atomic E-state index is -0.791. The number of aliphatic carboxylic acids is 1. The van der Waals surface area contributed by atoms with E-state index in [2.05, 4.69) is 23.3 Å². The Hall–Kier alpha value is -1.67. The number of oxazole rings is 1. The molecule has 7 nitrogen and oxygen atoms in total. The van der Waals surface area contributed by atoms with Gasteiger partial charge in [0.05, 0.1) is 18.1 Å². The van der Waals surface area contributed by atoms with Crippen LogP contribution in [-0.4, -0.2) is 70.3 Å². The number of carboxylic acid groups (broad SMARTS) is 1. The van der Waals surface area contributed by atoms with Gasteiger partial charge in [-0.25, -0.2) is 4.98 Å². The quantitative estimate of drug-likeness (QED) is 0.390. The minimum absolute atomic E-state index is 0. The zero-order chi connectivity index (χ0) is 22.5. The molecule has 2 saturated heterocycles. The van der Waals surface area contributed by atoms with Gasteiger partial charge in [-0.2, -0.15) is 0 Å². The molecule has 4 rings (SSSR count). The van der Waals surface area contributed by atoms with E-state index in [0.29, 0.717) is 24.6 Å². The topological polar surface area (TPSA) is 102 Å². The van der Waals surface area contributed by atoms with E-state index in [1.165, 1.54) is 6.26 Å². The first-order valence-corrected chi connectivity index (χ1v) is 11.7. The molecule has 0 saturated carbocycles. The van der Waals surface area contributed by atoms with Crippen LogP contribution >= 0.6 is 0 Å². The standard InChI is InChI=1S/C25H32N2O5.Na.H/c1-2-3-6-13-26-24(30)19-15-31-25(27-19)23-18(20-10-11-21(23)32-20)14-17-8-5-4-7-16(17)9-12-22(28)29;;/h4-5,7-8,15,18,20-21,23H,2-3,6,9-14H2,1H3,(H,26,30)(H,28,29);;/t18-,20-,21+,23-;;/m0../s1. The van der Waals surface area contributed by atoms with Gasteiger partial charge in [0, 0.05) is 18.9 Å². The molecule has 2 bridgehead atoms. The molecule has 1 aromatic carbocycles. The summed E-state index contributed by atoms with van der Waals surface area (Å²) in [5.41, 5.74) is 2.54. The number of fused-ring (bicyclic) bond motifs is 2. The molecular formula is C25H33N2NaO5. The third-order valence-electron chi connectivity index (χ3n) is 6.71. The first-order chi connectivity index (χ1) is 15.6. The van der Waals surface area contributed by atoms with Crippen molar-refractivity contribution >= 4 is 41.4 Å². The Morgan fingerprint density at radius 2 is 1.91 bits per heavy atom. The molecule has 2 fully saturated rings. The molecule has 0 aliphatic carbocycles. The van der Waals surface area contributed by atoms with Gasteiger partial charge in [-0.3, -0.25) is 9.59 Å². The van der Waals surface area contributed by atoms with Crippen molar-refractivity contribution in [2.24, 2.45) is 5.92 Å². The van der Waals surface area contributed by atoms with Gasteiger partial charge in [-0.05, 0) is 43.2 Å². The van der Waals surface area contributed by atoms with E-state index in [1.54, 1.807) is 0 Å². The molecule has 8 heteroatoms. The number of aryl methyl sites for hydroxylation is 1. The van der Waals surface area contributed by atoms with Crippen molar-refractivity contribution in [3.05, 3.63) is 53.2 Å².